The van der Waals surface area contributed by atoms with Crippen molar-refractivity contribution in [3.05, 3.63) is 23.8 Å². The van der Waals surface area contributed by atoms with E-state index < -0.39 is 16.2 Å². The van der Waals surface area contributed by atoms with E-state index in [0.717, 1.165) is 5.56 Å². The van der Waals surface area contributed by atoms with Gasteiger partial charge in [0.2, 0.25) is 24.5 Å². The van der Waals surface area contributed by atoms with Crippen molar-refractivity contribution in [1.29, 1.82) is 0 Å². The Balaban J connectivity index is 1.51. The number of ether oxygens (including phenoxy) is 2. The predicted molar refractivity (Wildman–Crippen MR) is 95.7 cm³/mol. The predicted octanol–water partition coefficient (Wildman–Crippen LogP) is 1.89. The average molecular weight is 372 g/mol. The number of piperidine rings is 1. The van der Waals surface area contributed by atoms with E-state index in [1.54, 1.807) is 0 Å². The van der Waals surface area contributed by atoms with E-state index in [1.807, 2.05) is 39.0 Å². The second-order valence-corrected chi connectivity index (χ2v) is 8.87. The van der Waals surface area contributed by atoms with Gasteiger partial charge >= 0.3 is 0 Å². The monoisotopic (exact) mass is 372 g/mol. The van der Waals surface area contributed by atoms with Gasteiger partial charge in [-0.3, -0.25) is 19.7 Å². The lowest BCUT2D eigenvalue weighted by molar-refractivity contribution is -0.164. The van der Waals surface area contributed by atoms with Gasteiger partial charge in [0, 0.05) is 22.8 Å². The highest BCUT2D eigenvalue weighted by atomic mass is 16.7. The van der Waals surface area contributed by atoms with Crippen molar-refractivity contribution in [3.8, 4) is 11.5 Å². The van der Waals surface area contributed by atoms with Crippen LogP contribution in [0.3, 0.4) is 0 Å². The molecule has 2 N–H and O–H groups in total. The third-order valence-corrected chi connectivity index (χ3v) is 6.10. The minimum absolute atomic E-state index is 0.139. The fourth-order valence-corrected chi connectivity index (χ4v) is 5.10. The van der Waals surface area contributed by atoms with Crippen LogP contribution in [0.2, 0.25) is 0 Å². The van der Waals surface area contributed by atoms with Crippen molar-refractivity contribution in [1.82, 2.24) is 10.6 Å². The molecule has 1 aromatic carbocycles. The molecule has 1 saturated carbocycles. The zero-order valence-corrected chi connectivity index (χ0v) is 15.8. The number of amides is 3. The van der Waals surface area contributed by atoms with Gasteiger partial charge in [-0.1, -0.05) is 26.8 Å². The minimum Gasteiger partial charge on any atom is -0.454 e. The van der Waals surface area contributed by atoms with E-state index in [-0.39, 0.29) is 24.5 Å². The molecule has 2 atom stereocenters. The molecule has 2 heterocycles. The van der Waals surface area contributed by atoms with Crippen LogP contribution in [0.4, 0.5) is 0 Å². The maximum absolute atomic E-state index is 13.0. The maximum atomic E-state index is 13.0. The number of nitrogens with one attached hydrogen (secondary N) is 2. The van der Waals surface area contributed by atoms with Crippen LogP contribution in [0, 0.1) is 16.2 Å². The molecule has 2 aliphatic heterocycles. The number of hydrogen-bond acceptors (Lipinski definition) is 5. The number of imide groups is 1. The molecule has 7 nitrogen and oxygen atoms in total. The molecule has 3 amide bonds. The second kappa shape index (κ2) is 5.71. The fourth-order valence-electron chi connectivity index (χ4n) is 5.10. The molecule has 0 radical (unpaired) electrons. The van der Waals surface area contributed by atoms with Gasteiger partial charge < -0.3 is 14.8 Å². The molecular weight excluding hydrogens is 348 g/mol. The maximum Gasteiger partial charge on any atom is 0.232 e. The third kappa shape index (κ3) is 2.85. The highest BCUT2D eigenvalue weighted by Gasteiger charge is 2.60. The first-order valence-electron chi connectivity index (χ1n) is 9.16. The first kappa shape index (κ1) is 17.8. The SMILES string of the molecule is CC1(C(=O)NCc2ccc3c(c2)OCO3)CC2(C)CC(C)(C1)C(=O)NC2=O. The van der Waals surface area contributed by atoms with E-state index in [4.69, 9.17) is 9.47 Å². The van der Waals surface area contributed by atoms with Crippen LogP contribution in [0.25, 0.3) is 0 Å². The first-order chi connectivity index (χ1) is 12.6. The summed E-state index contributed by atoms with van der Waals surface area (Å²) in [6.45, 7) is 6.09. The molecule has 27 heavy (non-hydrogen) atoms. The molecule has 2 unspecified atom stereocenters. The molecule has 144 valence electrons. The van der Waals surface area contributed by atoms with Crippen molar-refractivity contribution in [2.75, 3.05) is 6.79 Å². The Morgan fingerprint density at radius 1 is 1.04 bits per heavy atom. The van der Waals surface area contributed by atoms with Gasteiger partial charge in [-0.2, -0.15) is 0 Å². The summed E-state index contributed by atoms with van der Waals surface area (Å²) in [6.07, 6.45) is 1.32. The van der Waals surface area contributed by atoms with Gasteiger partial charge in [0.25, 0.3) is 0 Å². The molecule has 1 saturated heterocycles. The molecule has 4 rings (SSSR count). The van der Waals surface area contributed by atoms with Crippen LogP contribution < -0.4 is 20.1 Å². The third-order valence-electron chi connectivity index (χ3n) is 6.10. The van der Waals surface area contributed by atoms with Crippen LogP contribution >= 0.6 is 0 Å². The van der Waals surface area contributed by atoms with Gasteiger partial charge in [0.1, 0.15) is 0 Å². The highest BCUT2D eigenvalue weighted by molar-refractivity contribution is 6.04. The van der Waals surface area contributed by atoms with Gasteiger partial charge in [0.05, 0.1) is 0 Å². The Labute approximate surface area is 157 Å². The number of benzene rings is 1. The fraction of sp³-hybridized carbons (Fsp3) is 0.550. The summed E-state index contributed by atoms with van der Waals surface area (Å²) < 4.78 is 10.7. The van der Waals surface area contributed by atoms with Crippen molar-refractivity contribution < 1.29 is 23.9 Å². The van der Waals surface area contributed by atoms with Crippen LogP contribution in [0.15, 0.2) is 18.2 Å². The zero-order chi connectivity index (χ0) is 19.4. The Morgan fingerprint density at radius 2 is 1.67 bits per heavy atom. The van der Waals surface area contributed by atoms with Gasteiger partial charge in [-0.25, -0.2) is 0 Å². The van der Waals surface area contributed by atoms with Crippen LogP contribution in [-0.2, 0) is 20.9 Å². The van der Waals surface area contributed by atoms with Crippen molar-refractivity contribution in [2.45, 2.75) is 46.6 Å². The molecular formula is C20H24N2O5. The summed E-state index contributed by atoms with van der Waals surface area (Å²) in [4.78, 5) is 37.8. The van der Waals surface area contributed by atoms with Crippen molar-refractivity contribution in [2.24, 2.45) is 16.2 Å². The Hall–Kier alpha value is -2.57. The molecule has 0 aromatic heterocycles. The number of hydrogen-bond donors (Lipinski definition) is 2. The molecule has 2 bridgehead atoms. The molecule has 0 spiro atoms. The first-order valence-corrected chi connectivity index (χ1v) is 9.16. The lowest BCUT2D eigenvalue weighted by Crippen LogP contribution is -2.63. The Bertz CT molecular complexity index is 823. The largest absolute Gasteiger partial charge is 0.454 e. The van der Waals surface area contributed by atoms with E-state index in [0.29, 0.717) is 37.3 Å². The van der Waals surface area contributed by atoms with E-state index in [1.165, 1.54) is 0 Å². The molecule has 3 aliphatic rings. The number of carbonyl (C=O) groups excluding carboxylic acids is 3. The van der Waals surface area contributed by atoms with Crippen LogP contribution in [0.5, 0.6) is 11.5 Å². The minimum atomic E-state index is -0.786. The topological polar surface area (TPSA) is 93.7 Å². The summed E-state index contributed by atoms with van der Waals surface area (Å²) in [5.74, 6) is 0.670. The zero-order valence-electron chi connectivity index (χ0n) is 15.8. The van der Waals surface area contributed by atoms with Crippen molar-refractivity contribution >= 4 is 17.7 Å². The van der Waals surface area contributed by atoms with Crippen LogP contribution in [0.1, 0.15) is 45.6 Å². The average Bonchev–Trinajstić information content (AvgIpc) is 3.05. The van der Waals surface area contributed by atoms with Crippen LogP contribution in [-0.4, -0.2) is 24.5 Å². The smallest absolute Gasteiger partial charge is 0.232 e. The number of rotatable bonds is 3. The normalized spacial score (nSPS) is 34.2. The summed E-state index contributed by atoms with van der Waals surface area (Å²) >= 11 is 0. The lowest BCUT2D eigenvalue weighted by Gasteiger charge is -2.53. The van der Waals surface area contributed by atoms with Crippen molar-refractivity contribution in [3.63, 3.8) is 0 Å². The second-order valence-electron chi connectivity index (χ2n) is 8.87. The lowest BCUT2D eigenvalue weighted by atomic mass is 9.52. The van der Waals surface area contributed by atoms with Gasteiger partial charge in [-0.15, -0.1) is 0 Å². The summed E-state index contributed by atoms with van der Waals surface area (Å²) in [7, 11) is 0. The standard InChI is InChI=1S/C20H24N2O5/c1-18(8-19(2)10-20(3,9-18)17(25)22-16(19)24)15(23)21-7-12-4-5-13-14(6-12)27-11-26-13/h4-6H,7-11H2,1-3H3,(H,21,23)(H,22,24,25). The summed E-state index contributed by atoms with van der Waals surface area (Å²) in [5, 5.41) is 5.46. The molecule has 2 fully saturated rings. The summed E-state index contributed by atoms with van der Waals surface area (Å²) in [6, 6.07) is 5.55. The quantitative estimate of drug-likeness (QED) is 0.791. The molecule has 7 heteroatoms. The van der Waals surface area contributed by atoms with E-state index in [9.17, 15) is 14.4 Å². The Morgan fingerprint density at radius 3 is 2.33 bits per heavy atom. The van der Waals surface area contributed by atoms with E-state index >= 15 is 0 Å². The molecule has 1 aromatic rings. The summed E-state index contributed by atoms with van der Waals surface area (Å²) in [5.41, 5.74) is -1.32. The van der Waals surface area contributed by atoms with E-state index in [2.05, 4.69) is 10.6 Å². The Kier molecular flexibility index (Phi) is 3.77. The molecule has 1 aliphatic carbocycles. The van der Waals surface area contributed by atoms with Gasteiger partial charge in [0.15, 0.2) is 11.5 Å². The van der Waals surface area contributed by atoms with Gasteiger partial charge in [-0.05, 0) is 37.0 Å². The highest BCUT2D eigenvalue weighted by Crippen LogP contribution is 2.56. The number of fused-ring (bicyclic) bond motifs is 3. The number of carbonyl (C=O) groups is 3.